The number of halogens is 2. The van der Waals surface area contributed by atoms with E-state index >= 15 is 0 Å². The fourth-order valence-corrected chi connectivity index (χ4v) is 2.64. The Labute approximate surface area is 138 Å². The summed E-state index contributed by atoms with van der Waals surface area (Å²) in [7, 11) is 0. The van der Waals surface area contributed by atoms with Gasteiger partial charge in [-0.25, -0.2) is 0 Å². The third kappa shape index (κ3) is 3.05. The number of ether oxygens (including phenoxy) is 1. The zero-order valence-electron chi connectivity index (χ0n) is 11.9. The van der Waals surface area contributed by atoms with E-state index in [1.807, 2.05) is 18.2 Å². The second-order valence-electron chi connectivity index (χ2n) is 5.23. The third-order valence-electron chi connectivity index (χ3n) is 3.61. The van der Waals surface area contributed by atoms with Gasteiger partial charge in [0.05, 0.1) is 29.3 Å². The maximum absolute atomic E-state index is 12.3. The molecular formula is C15H15Cl2N3O2. The number of hydrogen-bond donors (Lipinski definition) is 0. The topological polar surface area (TPSA) is 47.4 Å². The van der Waals surface area contributed by atoms with Gasteiger partial charge in [-0.1, -0.05) is 35.3 Å². The highest BCUT2D eigenvalue weighted by Crippen LogP contribution is 2.27. The van der Waals surface area contributed by atoms with Crippen LogP contribution in [0.15, 0.2) is 36.7 Å². The Hall–Kier alpha value is -1.72. The van der Waals surface area contributed by atoms with Crippen LogP contribution in [-0.4, -0.2) is 39.8 Å². The lowest BCUT2D eigenvalue weighted by molar-refractivity contribution is -0.143. The van der Waals surface area contributed by atoms with Crippen molar-refractivity contribution in [3.63, 3.8) is 0 Å². The third-order valence-corrected chi connectivity index (χ3v) is 4.12. The lowest BCUT2D eigenvalue weighted by atomic mass is 10.1. The highest BCUT2D eigenvalue weighted by molar-refractivity contribution is 6.32. The van der Waals surface area contributed by atoms with E-state index in [1.165, 1.54) is 6.20 Å². The molecule has 1 aromatic carbocycles. The molecule has 22 heavy (non-hydrogen) atoms. The number of carbonyl (C=O) groups excluding carboxylic acids is 1. The molecule has 0 aliphatic carbocycles. The summed E-state index contributed by atoms with van der Waals surface area (Å²) >= 11 is 11.9. The van der Waals surface area contributed by atoms with Gasteiger partial charge in [0.1, 0.15) is 17.9 Å². The van der Waals surface area contributed by atoms with Crippen LogP contribution in [-0.2, 0) is 4.79 Å². The number of likely N-dealkylation sites (tertiary alicyclic amines) is 1. The molecule has 0 bridgehead atoms. The Morgan fingerprint density at radius 1 is 1.36 bits per heavy atom. The van der Waals surface area contributed by atoms with E-state index in [9.17, 15) is 4.79 Å². The minimum Gasteiger partial charge on any atom is -0.485 e. The average molecular weight is 340 g/mol. The summed E-state index contributed by atoms with van der Waals surface area (Å²) < 4.78 is 7.34. The van der Waals surface area contributed by atoms with Crippen molar-refractivity contribution >= 4 is 29.1 Å². The fraction of sp³-hybridized carbons (Fsp3) is 0.333. The van der Waals surface area contributed by atoms with Crippen LogP contribution in [0.5, 0.6) is 5.75 Å². The van der Waals surface area contributed by atoms with Gasteiger partial charge >= 0.3 is 0 Å². The van der Waals surface area contributed by atoms with Crippen molar-refractivity contribution in [2.75, 3.05) is 13.1 Å². The average Bonchev–Trinajstić information content (AvgIpc) is 2.89. The van der Waals surface area contributed by atoms with Gasteiger partial charge in [0.15, 0.2) is 0 Å². The number of rotatable bonds is 4. The van der Waals surface area contributed by atoms with Crippen molar-refractivity contribution in [3.05, 3.63) is 46.7 Å². The largest absolute Gasteiger partial charge is 0.485 e. The van der Waals surface area contributed by atoms with E-state index in [0.29, 0.717) is 28.9 Å². The molecule has 7 heteroatoms. The molecule has 0 N–H and O–H groups in total. The Bertz CT molecular complexity index is 683. The Morgan fingerprint density at radius 3 is 2.73 bits per heavy atom. The second kappa shape index (κ2) is 6.18. The van der Waals surface area contributed by atoms with Gasteiger partial charge in [-0.05, 0) is 19.1 Å². The Morgan fingerprint density at radius 2 is 2.09 bits per heavy atom. The molecule has 1 atom stereocenters. The van der Waals surface area contributed by atoms with Gasteiger partial charge in [0, 0.05) is 6.20 Å². The number of benzene rings is 1. The molecule has 1 aliphatic heterocycles. The Kier molecular flexibility index (Phi) is 4.27. The summed E-state index contributed by atoms with van der Waals surface area (Å²) in [5, 5.41) is 5.16. The quantitative estimate of drug-likeness (QED) is 0.860. The number of amides is 1. The molecule has 1 fully saturated rings. The summed E-state index contributed by atoms with van der Waals surface area (Å²) in [6, 6.07) is 6.94. The molecule has 5 nitrogen and oxygen atoms in total. The molecular weight excluding hydrogens is 325 g/mol. The lowest BCUT2D eigenvalue weighted by Crippen LogP contribution is -2.57. The molecule has 116 valence electrons. The van der Waals surface area contributed by atoms with Crippen molar-refractivity contribution in [2.45, 2.75) is 19.1 Å². The van der Waals surface area contributed by atoms with Crippen LogP contribution in [0.1, 0.15) is 13.0 Å². The first kappa shape index (κ1) is 15.2. The van der Waals surface area contributed by atoms with Crippen LogP contribution < -0.4 is 4.74 Å². The van der Waals surface area contributed by atoms with Crippen molar-refractivity contribution < 1.29 is 9.53 Å². The van der Waals surface area contributed by atoms with Crippen molar-refractivity contribution in [1.29, 1.82) is 0 Å². The van der Waals surface area contributed by atoms with Crippen LogP contribution in [0.2, 0.25) is 10.0 Å². The number of para-hydroxylation sites is 1. The summed E-state index contributed by atoms with van der Waals surface area (Å²) in [6.07, 6.45) is 3.13. The van der Waals surface area contributed by atoms with Gasteiger partial charge in [-0.3, -0.25) is 9.48 Å². The minimum atomic E-state index is -0.381. The van der Waals surface area contributed by atoms with Crippen LogP contribution in [0, 0.1) is 0 Å². The minimum absolute atomic E-state index is 0.00113. The maximum Gasteiger partial charge on any atom is 0.247 e. The molecule has 1 amide bonds. The zero-order chi connectivity index (χ0) is 15.7. The molecule has 0 spiro atoms. The molecule has 1 saturated heterocycles. The molecule has 2 aromatic rings. The van der Waals surface area contributed by atoms with Crippen LogP contribution in [0.3, 0.4) is 0 Å². The zero-order valence-corrected chi connectivity index (χ0v) is 13.5. The van der Waals surface area contributed by atoms with Gasteiger partial charge in [0.25, 0.3) is 0 Å². The monoisotopic (exact) mass is 339 g/mol. The second-order valence-corrected chi connectivity index (χ2v) is 6.07. The van der Waals surface area contributed by atoms with E-state index < -0.39 is 0 Å². The van der Waals surface area contributed by atoms with E-state index in [1.54, 1.807) is 28.8 Å². The molecule has 0 saturated carbocycles. The standard InChI is InChI=1S/C15H15Cl2N3O2/c1-10(20-7-11(16)6-18-20)15(21)19-8-12(9-19)22-14-5-3-2-4-13(14)17/h2-7,10,12H,8-9H2,1H3/t10-/m1/s1. The smallest absolute Gasteiger partial charge is 0.247 e. The lowest BCUT2D eigenvalue weighted by Gasteiger charge is -2.40. The maximum atomic E-state index is 12.3. The highest BCUT2D eigenvalue weighted by atomic mass is 35.5. The number of nitrogens with zero attached hydrogens (tertiary/aromatic N) is 3. The summed E-state index contributed by atoms with van der Waals surface area (Å²) in [5.74, 6) is 0.645. The van der Waals surface area contributed by atoms with Crippen molar-refractivity contribution in [2.24, 2.45) is 0 Å². The first-order valence-electron chi connectivity index (χ1n) is 6.94. The molecule has 1 aromatic heterocycles. The molecule has 2 heterocycles. The normalized spacial score (nSPS) is 16.2. The molecule has 0 unspecified atom stereocenters. The molecule has 0 radical (unpaired) electrons. The van der Waals surface area contributed by atoms with Gasteiger partial charge in [-0.15, -0.1) is 0 Å². The highest BCUT2D eigenvalue weighted by Gasteiger charge is 2.35. The first-order valence-corrected chi connectivity index (χ1v) is 7.70. The fourth-order valence-electron chi connectivity index (χ4n) is 2.32. The van der Waals surface area contributed by atoms with Gasteiger partial charge in [-0.2, -0.15) is 5.10 Å². The number of carbonyl (C=O) groups is 1. The van der Waals surface area contributed by atoms with E-state index in [4.69, 9.17) is 27.9 Å². The van der Waals surface area contributed by atoms with Gasteiger partial charge < -0.3 is 9.64 Å². The molecule has 1 aliphatic rings. The van der Waals surface area contributed by atoms with Crippen molar-refractivity contribution in [1.82, 2.24) is 14.7 Å². The summed E-state index contributed by atoms with van der Waals surface area (Å²) in [4.78, 5) is 14.1. The van der Waals surface area contributed by atoms with E-state index in [2.05, 4.69) is 5.10 Å². The predicted octanol–water partition coefficient (Wildman–Crippen LogP) is 3.04. The summed E-state index contributed by atoms with van der Waals surface area (Å²) in [5.41, 5.74) is 0. The summed E-state index contributed by atoms with van der Waals surface area (Å²) in [6.45, 7) is 2.89. The number of aromatic nitrogens is 2. The van der Waals surface area contributed by atoms with E-state index in [0.717, 1.165) is 0 Å². The van der Waals surface area contributed by atoms with Crippen LogP contribution in [0.25, 0.3) is 0 Å². The predicted molar refractivity (Wildman–Crippen MR) is 84.4 cm³/mol. The number of hydrogen-bond acceptors (Lipinski definition) is 3. The van der Waals surface area contributed by atoms with Crippen LogP contribution in [0.4, 0.5) is 0 Å². The van der Waals surface area contributed by atoms with Crippen molar-refractivity contribution in [3.8, 4) is 5.75 Å². The van der Waals surface area contributed by atoms with E-state index in [-0.39, 0.29) is 18.1 Å². The Balaban J connectivity index is 1.54. The van der Waals surface area contributed by atoms with Crippen LogP contribution >= 0.6 is 23.2 Å². The molecule has 3 rings (SSSR count). The first-order chi connectivity index (χ1) is 10.5. The SMILES string of the molecule is C[C@H](C(=O)N1CC(Oc2ccccc2Cl)C1)n1cc(Cl)cn1. The van der Waals surface area contributed by atoms with Gasteiger partial charge in [0.2, 0.25) is 5.91 Å².